The number of fused-ring (bicyclic) bond motifs is 1. The van der Waals surface area contributed by atoms with E-state index in [2.05, 4.69) is 4.74 Å². The summed E-state index contributed by atoms with van der Waals surface area (Å²) in [7, 11) is 3.23. The standard InChI is InChI=1S/C16H20N2O3/c1-4-9-18(11-15(19)21-3)16(20)13-10-17(2)14-8-6-5-7-12(13)14/h5-8,10H,4,9,11H2,1-3H3. The minimum atomic E-state index is -0.406. The normalized spacial score (nSPS) is 10.6. The van der Waals surface area contributed by atoms with Gasteiger partial charge in [0.25, 0.3) is 5.91 Å². The van der Waals surface area contributed by atoms with Crippen molar-refractivity contribution in [1.29, 1.82) is 0 Å². The van der Waals surface area contributed by atoms with Gasteiger partial charge in [0.1, 0.15) is 6.54 Å². The molecule has 0 saturated heterocycles. The number of methoxy groups -OCH3 is 1. The molecular weight excluding hydrogens is 268 g/mol. The molecule has 1 aromatic heterocycles. The Morgan fingerprint density at radius 1 is 1.29 bits per heavy atom. The minimum absolute atomic E-state index is 0.0214. The molecule has 1 heterocycles. The maximum absolute atomic E-state index is 12.7. The Kier molecular flexibility index (Phi) is 4.62. The lowest BCUT2D eigenvalue weighted by molar-refractivity contribution is -0.141. The Morgan fingerprint density at radius 3 is 2.67 bits per heavy atom. The van der Waals surface area contributed by atoms with E-state index in [4.69, 9.17) is 0 Å². The molecule has 112 valence electrons. The lowest BCUT2D eigenvalue weighted by atomic mass is 10.1. The van der Waals surface area contributed by atoms with Crippen LogP contribution < -0.4 is 0 Å². The molecule has 0 N–H and O–H groups in total. The monoisotopic (exact) mass is 288 g/mol. The van der Waals surface area contributed by atoms with E-state index >= 15 is 0 Å². The Bertz CT molecular complexity index is 661. The number of aromatic nitrogens is 1. The first-order valence-electron chi connectivity index (χ1n) is 6.98. The molecule has 0 aliphatic heterocycles. The van der Waals surface area contributed by atoms with Crippen LogP contribution in [0.5, 0.6) is 0 Å². The third-order valence-corrected chi connectivity index (χ3v) is 3.46. The lowest BCUT2D eigenvalue weighted by Crippen LogP contribution is -2.36. The number of benzene rings is 1. The minimum Gasteiger partial charge on any atom is -0.468 e. The Hall–Kier alpha value is -2.30. The van der Waals surface area contributed by atoms with E-state index in [0.29, 0.717) is 12.1 Å². The van der Waals surface area contributed by atoms with Crippen molar-refractivity contribution in [2.75, 3.05) is 20.2 Å². The highest BCUT2D eigenvalue weighted by molar-refractivity contribution is 6.07. The predicted octanol–water partition coefficient (Wildman–Crippen LogP) is 2.20. The molecule has 0 aliphatic carbocycles. The zero-order valence-electron chi connectivity index (χ0n) is 12.6. The maximum Gasteiger partial charge on any atom is 0.325 e. The highest BCUT2D eigenvalue weighted by Crippen LogP contribution is 2.21. The fourth-order valence-corrected chi connectivity index (χ4v) is 2.43. The molecule has 5 nitrogen and oxygen atoms in total. The van der Waals surface area contributed by atoms with Crippen molar-refractivity contribution in [1.82, 2.24) is 9.47 Å². The second kappa shape index (κ2) is 6.43. The molecule has 0 spiro atoms. The summed E-state index contributed by atoms with van der Waals surface area (Å²) < 4.78 is 6.59. The number of carbonyl (C=O) groups is 2. The van der Waals surface area contributed by atoms with E-state index in [-0.39, 0.29) is 12.5 Å². The van der Waals surface area contributed by atoms with Gasteiger partial charge in [-0.25, -0.2) is 0 Å². The summed E-state index contributed by atoms with van der Waals surface area (Å²) in [4.78, 5) is 25.7. The van der Waals surface area contributed by atoms with Crippen LogP contribution >= 0.6 is 0 Å². The number of carbonyl (C=O) groups excluding carboxylic acids is 2. The lowest BCUT2D eigenvalue weighted by Gasteiger charge is -2.20. The fourth-order valence-electron chi connectivity index (χ4n) is 2.43. The van der Waals surface area contributed by atoms with E-state index in [1.54, 1.807) is 0 Å². The van der Waals surface area contributed by atoms with Gasteiger partial charge in [0, 0.05) is 30.7 Å². The maximum atomic E-state index is 12.7. The summed E-state index contributed by atoms with van der Waals surface area (Å²) in [5, 5.41) is 0.899. The number of aryl methyl sites for hydroxylation is 1. The predicted molar refractivity (Wildman–Crippen MR) is 81.1 cm³/mol. The van der Waals surface area contributed by atoms with Gasteiger partial charge in [0.05, 0.1) is 12.7 Å². The van der Waals surface area contributed by atoms with Crippen molar-refractivity contribution < 1.29 is 14.3 Å². The first-order chi connectivity index (χ1) is 10.1. The van der Waals surface area contributed by atoms with E-state index in [1.807, 2.05) is 49.0 Å². The molecule has 0 atom stereocenters. The molecule has 21 heavy (non-hydrogen) atoms. The van der Waals surface area contributed by atoms with E-state index < -0.39 is 5.97 Å². The average Bonchev–Trinajstić information content (AvgIpc) is 2.83. The van der Waals surface area contributed by atoms with Crippen LogP contribution in [0.4, 0.5) is 0 Å². The Morgan fingerprint density at radius 2 is 2.00 bits per heavy atom. The zero-order valence-corrected chi connectivity index (χ0v) is 12.6. The fraction of sp³-hybridized carbons (Fsp3) is 0.375. The van der Waals surface area contributed by atoms with Crippen LogP contribution in [0.3, 0.4) is 0 Å². The van der Waals surface area contributed by atoms with Gasteiger partial charge in [-0.05, 0) is 12.5 Å². The summed E-state index contributed by atoms with van der Waals surface area (Å²) in [5.74, 6) is -0.545. The number of para-hydroxylation sites is 1. The molecule has 0 saturated carbocycles. The third kappa shape index (κ3) is 3.07. The number of rotatable bonds is 5. The van der Waals surface area contributed by atoms with Gasteiger partial charge < -0.3 is 14.2 Å². The van der Waals surface area contributed by atoms with Crippen molar-refractivity contribution in [3.05, 3.63) is 36.0 Å². The summed E-state index contributed by atoms with van der Waals surface area (Å²) in [6, 6.07) is 7.74. The summed E-state index contributed by atoms with van der Waals surface area (Å²) in [6.07, 6.45) is 2.60. The molecule has 2 aromatic rings. The van der Waals surface area contributed by atoms with Crippen LogP contribution in [0, 0.1) is 0 Å². The van der Waals surface area contributed by atoms with Gasteiger partial charge in [-0.3, -0.25) is 9.59 Å². The average molecular weight is 288 g/mol. The van der Waals surface area contributed by atoms with Crippen molar-refractivity contribution in [3.63, 3.8) is 0 Å². The van der Waals surface area contributed by atoms with Gasteiger partial charge in [-0.2, -0.15) is 0 Å². The third-order valence-electron chi connectivity index (χ3n) is 3.46. The highest BCUT2D eigenvalue weighted by atomic mass is 16.5. The van der Waals surface area contributed by atoms with Crippen LogP contribution in [0.25, 0.3) is 10.9 Å². The van der Waals surface area contributed by atoms with Crippen molar-refractivity contribution >= 4 is 22.8 Å². The molecule has 0 aliphatic rings. The van der Waals surface area contributed by atoms with Crippen molar-refractivity contribution in [2.24, 2.45) is 7.05 Å². The second-order valence-corrected chi connectivity index (χ2v) is 4.97. The summed E-state index contributed by atoms with van der Waals surface area (Å²) in [6.45, 7) is 2.48. The number of hydrogen-bond acceptors (Lipinski definition) is 3. The van der Waals surface area contributed by atoms with Crippen LogP contribution in [-0.2, 0) is 16.6 Å². The number of nitrogens with zero attached hydrogens (tertiary/aromatic N) is 2. The highest BCUT2D eigenvalue weighted by Gasteiger charge is 2.21. The smallest absolute Gasteiger partial charge is 0.325 e. The van der Waals surface area contributed by atoms with Gasteiger partial charge in [-0.1, -0.05) is 25.1 Å². The number of amides is 1. The number of ether oxygens (including phenoxy) is 1. The topological polar surface area (TPSA) is 51.5 Å². The first kappa shape index (κ1) is 15.1. The molecular formula is C16H20N2O3. The second-order valence-electron chi connectivity index (χ2n) is 4.97. The van der Waals surface area contributed by atoms with Crippen LogP contribution in [-0.4, -0.2) is 41.5 Å². The van der Waals surface area contributed by atoms with E-state index in [0.717, 1.165) is 17.3 Å². The molecule has 0 radical (unpaired) electrons. The van der Waals surface area contributed by atoms with Gasteiger partial charge >= 0.3 is 5.97 Å². The van der Waals surface area contributed by atoms with Gasteiger partial charge in [0.15, 0.2) is 0 Å². The number of hydrogen-bond donors (Lipinski definition) is 0. The quantitative estimate of drug-likeness (QED) is 0.793. The SMILES string of the molecule is CCCN(CC(=O)OC)C(=O)c1cn(C)c2ccccc12. The van der Waals surface area contributed by atoms with Crippen molar-refractivity contribution in [3.8, 4) is 0 Å². The largest absolute Gasteiger partial charge is 0.468 e. The van der Waals surface area contributed by atoms with Crippen LogP contribution in [0.1, 0.15) is 23.7 Å². The van der Waals surface area contributed by atoms with Crippen LogP contribution in [0.2, 0.25) is 0 Å². The first-order valence-corrected chi connectivity index (χ1v) is 6.98. The van der Waals surface area contributed by atoms with E-state index in [9.17, 15) is 9.59 Å². The Labute approximate surface area is 124 Å². The van der Waals surface area contributed by atoms with E-state index in [1.165, 1.54) is 12.0 Å². The summed E-state index contributed by atoms with van der Waals surface area (Å²) >= 11 is 0. The Balaban J connectivity index is 2.36. The molecule has 0 bridgehead atoms. The molecule has 5 heteroatoms. The van der Waals surface area contributed by atoms with Gasteiger partial charge in [0.2, 0.25) is 0 Å². The zero-order chi connectivity index (χ0) is 15.4. The van der Waals surface area contributed by atoms with Crippen molar-refractivity contribution in [2.45, 2.75) is 13.3 Å². The van der Waals surface area contributed by atoms with Crippen LogP contribution in [0.15, 0.2) is 30.5 Å². The molecule has 0 unspecified atom stereocenters. The summed E-state index contributed by atoms with van der Waals surface area (Å²) in [5.41, 5.74) is 1.61. The molecule has 0 fully saturated rings. The number of esters is 1. The van der Waals surface area contributed by atoms with Gasteiger partial charge in [-0.15, -0.1) is 0 Å². The molecule has 1 amide bonds. The molecule has 1 aromatic carbocycles. The molecule has 2 rings (SSSR count).